The highest BCUT2D eigenvalue weighted by Gasteiger charge is 2.10. The van der Waals surface area contributed by atoms with E-state index < -0.39 is 0 Å². The number of nitrogen functional groups attached to an aromatic ring is 1. The maximum absolute atomic E-state index is 11.8. The summed E-state index contributed by atoms with van der Waals surface area (Å²) in [6.07, 6.45) is 1.55. The summed E-state index contributed by atoms with van der Waals surface area (Å²) in [6, 6.07) is 6.34. The number of carbonyl (C=O) groups excluding carboxylic acids is 1. The first-order chi connectivity index (χ1) is 8.58. The van der Waals surface area contributed by atoms with Crippen molar-refractivity contribution in [2.24, 2.45) is 7.05 Å². The zero-order valence-corrected chi connectivity index (χ0v) is 9.92. The van der Waals surface area contributed by atoms with Gasteiger partial charge in [0.25, 0.3) is 5.91 Å². The Kier molecular flexibility index (Phi) is 3.18. The summed E-state index contributed by atoms with van der Waals surface area (Å²) in [5.74, 6) is -0.147. The monoisotopic (exact) mass is 246 g/mol. The largest absolute Gasteiger partial charge is 0.508 e. The average molecular weight is 246 g/mol. The van der Waals surface area contributed by atoms with Crippen LogP contribution in [0, 0.1) is 0 Å². The van der Waals surface area contributed by atoms with Gasteiger partial charge in [0, 0.05) is 31.0 Å². The normalized spacial score (nSPS) is 10.3. The van der Waals surface area contributed by atoms with Crippen molar-refractivity contribution in [2.45, 2.75) is 6.54 Å². The van der Waals surface area contributed by atoms with Crippen LogP contribution in [0.25, 0.3) is 0 Å². The molecule has 18 heavy (non-hydrogen) atoms. The molecule has 1 amide bonds. The highest BCUT2D eigenvalue weighted by molar-refractivity contribution is 5.92. The molecule has 1 aromatic carbocycles. The molecule has 6 nitrogen and oxygen atoms in total. The van der Waals surface area contributed by atoms with Crippen molar-refractivity contribution in [3.05, 3.63) is 41.7 Å². The topological polar surface area (TPSA) is 93.2 Å². The molecule has 6 heteroatoms. The van der Waals surface area contributed by atoms with Gasteiger partial charge in [-0.2, -0.15) is 5.10 Å². The minimum Gasteiger partial charge on any atom is -0.508 e. The predicted molar refractivity (Wildman–Crippen MR) is 66.9 cm³/mol. The van der Waals surface area contributed by atoms with E-state index in [1.165, 1.54) is 10.7 Å². The number of amides is 1. The van der Waals surface area contributed by atoms with Crippen LogP contribution >= 0.6 is 0 Å². The molecule has 0 atom stereocenters. The SMILES string of the molecule is Cn1nccc1C(=O)NCc1cc(N)ccc1O. The van der Waals surface area contributed by atoms with Gasteiger partial charge < -0.3 is 16.2 Å². The van der Waals surface area contributed by atoms with E-state index in [2.05, 4.69) is 10.4 Å². The summed E-state index contributed by atoms with van der Waals surface area (Å²) < 4.78 is 1.48. The average Bonchev–Trinajstić information content (AvgIpc) is 2.76. The number of hydrogen-bond donors (Lipinski definition) is 3. The van der Waals surface area contributed by atoms with Crippen molar-refractivity contribution in [2.75, 3.05) is 5.73 Å². The minimum atomic E-state index is -0.253. The molecule has 2 rings (SSSR count). The van der Waals surface area contributed by atoms with E-state index in [1.807, 2.05) is 0 Å². The molecule has 0 saturated heterocycles. The number of rotatable bonds is 3. The van der Waals surface area contributed by atoms with Crippen LogP contribution in [0.4, 0.5) is 5.69 Å². The number of phenolic OH excluding ortho intramolecular Hbond substituents is 1. The van der Waals surface area contributed by atoms with E-state index in [4.69, 9.17) is 5.73 Å². The van der Waals surface area contributed by atoms with Gasteiger partial charge >= 0.3 is 0 Å². The number of nitrogens with zero attached hydrogens (tertiary/aromatic N) is 2. The molecule has 0 aliphatic carbocycles. The number of hydrogen-bond acceptors (Lipinski definition) is 4. The van der Waals surface area contributed by atoms with E-state index in [0.717, 1.165) is 0 Å². The van der Waals surface area contributed by atoms with Crippen molar-refractivity contribution >= 4 is 11.6 Å². The van der Waals surface area contributed by atoms with Gasteiger partial charge in [0.05, 0.1) is 0 Å². The van der Waals surface area contributed by atoms with Crippen LogP contribution in [0.1, 0.15) is 16.1 Å². The first kappa shape index (κ1) is 12.0. The molecule has 0 saturated carbocycles. The molecule has 0 unspecified atom stereocenters. The summed E-state index contributed by atoms with van der Waals surface area (Å²) in [7, 11) is 1.69. The second-order valence-electron chi connectivity index (χ2n) is 3.91. The maximum Gasteiger partial charge on any atom is 0.269 e. The quantitative estimate of drug-likeness (QED) is 0.547. The number of aromatic hydroxyl groups is 1. The molecular weight excluding hydrogens is 232 g/mol. The Morgan fingerprint density at radius 2 is 2.28 bits per heavy atom. The number of phenols is 1. The van der Waals surface area contributed by atoms with Crippen LogP contribution in [0.2, 0.25) is 0 Å². The number of aromatic nitrogens is 2. The van der Waals surface area contributed by atoms with Crippen LogP contribution < -0.4 is 11.1 Å². The summed E-state index contributed by atoms with van der Waals surface area (Å²) in [5, 5.41) is 16.2. The number of aryl methyl sites for hydroxylation is 1. The zero-order chi connectivity index (χ0) is 13.1. The third kappa shape index (κ3) is 2.42. The molecule has 4 N–H and O–H groups in total. The van der Waals surface area contributed by atoms with Crippen LogP contribution in [0.15, 0.2) is 30.5 Å². The lowest BCUT2D eigenvalue weighted by Gasteiger charge is -2.08. The van der Waals surface area contributed by atoms with Gasteiger partial charge in [0.1, 0.15) is 11.4 Å². The fourth-order valence-corrected chi connectivity index (χ4v) is 1.61. The lowest BCUT2D eigenvalue weighted by atomic mass is 10.2. The second-order valence-corrected chi connectivity index (χ2v) is 3.91. The molecule has 0 aliphatic heterocycles. The van der Waals surface area contributed by atoms with Crippen molar-refractivity contribution in [3.8, 4) is 5.75 Å². The van der Waals surface area contributed by atoms with E-state index in [-0.39, 0.29) is 18.2 Å². The zero-order valence-electron chi connectivity index (χ0n) is 9.92. The minimum absolute atomic E-state index is 0.106. The molecule has 0 bridgehead atoms. The Morgan fingerprint density at radius 3 is 2.94 bits per heavy atom. The van der Waals surface area contributed by atoms with Gasteiger partial charge in [-0.25, -0.2) is 0 Å². The number of carbonyl (C=O) groups is 1. The fraction of sp³-hybridized carbons (Fsp3) is 0.167. The molecule has 1 heterocycles. The smallest absolute Gasteiger partial charge is 0.269 e. The molecular formula is C12H14N4O2. The third-order valence-electron chi connectivity index (χ3n) is 2.60. The Bertz CT molecular complexity index is 577. The van der Waals surface area contributed by atoms with E-state index in [0.29, 0.717) is 16.9 Å². The van der Waals surface area contributed by atoms with E-state index in [9.17, 15) is 9.90 Å². The Balaban J connectivity index is 2.06. The van der Waals surface area contributed by atoms with Crippen molar-refractivity contribution in [3.63, 3.8) is 0 Å². The molecule has 0 aliphatic rings. The number of nitrogens with one attached hydrogen (secondary N) is 1. The highest BCUT2D eigenvalue weighted by atomic mass is 16.3. The van der Waals surface area contributed by atoms with Crippen molar-refractivity contribution in [1.82, 2.24) is 15.1 Å². The molecule has 0 spiro atoms. The first-order valence-corrected chi connectivity index (χ1v) is 5.41. The van der Waals surface area contributed by atoms with Crippen LogP contribution in [-0.2, 0) is 13.6 Å². The van der Waals surface area contributed by atoms with E-state index >= 15 is 0 Å². The number of nitrogens with two attached hydrogens (primary N) is 1. The fourth-order valence-electron chi connectivity index (χ4n) is 1.61. The number of anilines is 1. The van der Waals surface area contributed by atoms with E-state index in [1.54, 1.807) is 31.4 Å². The molecule has 0 radical (unpaired) electrons. The van der Waals surface area contributed by atoms with Gasteiger partial charge in [0.2, 0.25) is 0 Å². The Labute approximate surface area is 104 Å². The van der Waals surface area contributed by atoms with Crippen molar-refractivity contribution < 1.29 is 9.90 Å². The second kappa shape index (κ2) is 4.79. The molecule has 0 fully saturated rings. The van der Waals surface area contributed by atoms with Gasteiger partial charge in [-0.05, 0) is 24.3 Å². The van der Waals surface area contributed by atoms with Crippen LogP contribution in [0.5, 0.6) is 5.75 Å². The highest BCUT2D eigenvalue weighted by Crippen LogP contribution is 2.19. The van der Waals surface area contributed by atoms with Crippen LogP contribution in [-0.4, -0.2) is 20.8 Å². The maximum atomic E-state index is 11.8. The van der Waals surface area contributed by atoms with Gasteiger partial charge in [-0.1, -0.05) is 0 Å². The lowest BCUT2D eigenvalue weighted by Crippen LogP contribution is -2.25. The van der Waals surface area contributed by atoms with Crippen molar-refractivity contribution in [1.29, 1.82) is 0 Å². The summed E-state index contributed by atoms with van der Waals surface area (Å²) in [4.78, 5) is 11.8. The predicted octanol–water partition coefficient (Wildman–Crippen LogP) is 0.638. The van der Waals surface area contributed by atoms with Gasteiger partial charge in [-0.15, -0.1) is 0 Å². The number of benzene rings is 1. The molecule has 1 aromatic heterocycles. The molecule has 2 aromatic rings. The molecule has 94 valence electrons. The Morgan fingerprint density at radius 1 is 1.50 bits per heavy atom. The standard InChI is InChI=1S/C12H14N4O2/c1-16-10(4-5-15-16)12(18)14-7-8-6-9(13)2-3-11(8)17/h2-6,17H,7,13H2,1H3,(H,14,18). The van der Waals surface area contributed by atoms with Crippen LogP contribution in [0.3, 0.4) is 0 Å². The summed E-state index contributed by atoms with van der Waals surface area (Å²) in [5.41, 5.74) is 7.19. The summed E-state index contributed by atoms with van der Waals surface area (Å²) >= 11 is 0. The lowest BCUT2D eigenvalue weighted by molar-refractivity contribution is 0.0941. The van der Waals surface area contributed by atoms with Gasteiger partial charge in [0.15, 0.2) is 0 Å². The Hall–Kier alpha value is -2.50. The van der Waals surface area contributed by atoms with Gasteiger partial charge in [-0.3, -0.25) is 9.48 Å². The first-order valence-electron chi connectivity index (χ1n) is 5.41. The third-order valence-corrected chi connectivity index (χ3v) is 2.60. The summed E-state index contributed by atoms with van der Waals surface area (Å²) in [6.45, 7) is 0.209.